The van der Waals surface area contributed by atoms with Crippen LogP contribution in [0, 0.1) is 19.8 Å². The quantitative estimate of drug-likeness (QED) is 0.492. The molecule has 0 N–H and O–H groups in total. The Morgan fingerprint density at radius 1 is 1.12 bits per heavy atom. The topological polar surface area (TPSA) is 26.3 Å². The summed E-state index contributed by atoms with van der Waals surface area (Å²) in [6, 6.07) is 6.33. The first kappa shape index (κ1) is 20.7. The monoisotopic (exact) mass is 334 g/mol. The fourth-order valence-corrected chi connectivity index (χ4v) is 2.89. The van der Waals surface area contributed by atoms with Crippen molar-refractivity contribution >= 4 is 5.97 Å². The maximum atomic E-state index is 12.8. The second-order valence-corrected chi connectivity index (χ2v) is 7.35. The lowest BCUT2D eigenvalue weighted by atomic mass is 9.84. The lowest BCUT2D eigenvalue weighted by Crippen LogP contribution is -2.46. The van der Waals surface area contributed by atoms with Crippen molar-refractivity contribution in [3.8, 4) is 0 Å². The first-order chi connectivity index (χ1) is 11.3. The van der Waals surface area contributed by atoms with Gasteiger partial charge in [-0.25, -0.2) is 0 Å². The SMILES string of the molecule is CC[C@H](C)[C@@H](C(=O)OCC[N+](C)(CC)CC)c1ccc(C)c(C)c1. The third-order valence-electron chi connectivity index (χ3n) is 5.76. The molecular weight excluding hydrogens is 298 g/mol. The maximum absolute atomic E-state index is 12.8. The van der Waals surface area contributed by atoms with Gasteiger partial charge in [-0.3, -0.25) is 4.79 Å². The smallest absolute Gasteiger partial charge is 0.313 e. The fourth-order valence-electron chi connectivity index (χ4n) is 2.89. The number of ether oxygens (including phenoxy) is 1. The van der Waals surface area contributed by atoms with Gasteiger partial charge in [-0.05, 0) is 50.3 Å². The van der Waals surface area contributed by atoms with Crippen LogP contribution < -0.4 is 0 Å². The summed E-state index contributed by atoms with van der Waals surface area (Å²) in [5.41, 5.74) is 3.57. The zero-order valence-corrected chi connectivity index (χ0v) is 16.7. The van der Waals surface area contributed by atoms with Crippen LogP contribution in [0.25, 0.3) is 0 Å². The van der Waals surface area contributed by atoms with Gasteiger partial charge in [0.15, 0.2) is 0 Å². The Balaban J connectivity index is 2.85. The van der Waals surface area contributed by atoms with Crippen LogP contribution in [0.1, 0.15) is 56.7 Å². The van der Waals surface area contributed by atoms with Crippen LogP contribution >= 0.6 is 0 Å². The predicted molar refractivity (Wildman–Crippen MR) is 101 cm³/mol. The summed E-state index contributed by atoms with van der Waals surface area (Å²) in [6.07, 6.45) is 0.963. The zero-order chi connectivity index (χ0) is 18.3. The molecule has 2 atom stereocenters. The molecule has 24 heavy (non-hydrogen) atoms. The molecule has 0 aliphatic rings. The molecule has 0 radical (unpaired) electrons. The van der Waals surface area contributed by atoms with E-state index >= 15 is 0 Å². The van der Waals surface area contributed by atoms with Gasteiger partial charge in [0.1, 0.15) is 13.2 Å². The van der Waals surface area contributed by atoms with Gasteiger partial charge in [-0.2, -0.15) is 0 Å². The molecule has 0 bridgehead atoms. The van der Waals surface area contributed by atoms with Gasteiger partial charge >= 0.3 is 5.97 Å². The number of carbonyl (C=O) groups is 1. The summed E-state index contributed by atoms with van der Waals surface area (Å²) < 4.78 is 6.63. The molecule has 1 aromatic carbocycles. The lowest BCUT2D eigenvalue weighted by Gasteiger charge is -2.32. The van der Waals surface area contributed by atoms with Crippen molar-refractivity contribution < 1.29 is 14.0 Å². The molecule has 0 saturated carbocycles. The number of hydrogen-bond acceptors (Lipinski definition) is 2. The molecule has 0 aliphatic carbocycles. The van der Waals surface area contributed by atoms with Gasteiger partial charge in [-0.1, -0.05) is 38.5 Å². The summed E-state index contributed by atoms with van der Waals surface area (Å²) in [5.74, 6) is 0.0282. The van der Waals surface area contributed by atoms with E-state index < -0.39 is 0 Å². The molecule has 0 fully saturated rings. The third kappa shape index (κ3) is 5.34. The van der Waals surface area contributed by atoms with E-state index in [1.807, 2.05) is 0 Å². The Hall–Kier alpha value is -1.35. The van der Waals surface area contributed by atoms with Gasteiger partial charge in [0.05, 0.1) is 26.1 Å². The molecule has 136 valence electrons. The molecule has 1 aromatic rings. The van der Waals surface area contributed by atoms with Crippen molar-refractivity contribution in [3.63, 3.8) is 0 Å². The van der Waals surface area contributed by atoms with E-state index in [-0.39, 0.29) is 17.8 Å². The van der Waals surface area contributed by atoms with Crippen LogP contribution in [0.4, 0.5) is 0 Å². The number of likely N-dealkylation sites (N-methyl/N-ethyl adjacent to an activating group) is 1. The van der Waals surface area contributed by atoms with Gasteiger partial charge in [-0.15, -0.1) is 0 Å². The van der Waals surface area contributed by atoms with Crippen LogP contribution in [0.2, 0.25) is 0 Å². The first-order valence-electron chi connectivity index (χ1n) is 9.35. The highest BCUT2D eigenvalue weighted by atomic mass is 16.5. The van der Waals surface area contributed by atoms with Crippen LogP contribution in [0.5, 0.6) is 0 Å². The Morgan fingerprint density at radius 3 is 2.25 bits per heavy atom. The number of nitrogens with zero attached hydrogens (tertiary/aromatic N) is 1. The molecular formula is C21H36NO2+. The van der Waals surface area contributed by atoms with Gasteiger partial charge in [0.25, 0.3) is 0 Å². The molecule has 0 amide bonds. The Morgan fingerprint density at radius 2 is 1.75 bits per heavy atom. The highest BCUT2D eigenvalue weighted by molar-refractivity contribution is 5.78. The van der Waals surface area contributed by atoms with Gasteiger partial charge in [0, 0.05) is 0 Å². The number of hydrogen-bond donors (Lipinski definition) is 0. The summed E-state index contributed by atoms with van der Waals surface area (Å²) in [7, 11) is 2.21. The van der Waals surface area contributed by atoms with Gasteiger partial charge < -0.3 is 9.22 Å². The largest absolute Gasteiger partial charge is 0.459 e. The number of aryl methyl sites for hydroxylation is 2. The van der Waals surface area contributed by atoms with Crippen molar-refractivity contribution in [1.29, 1.82) is 0 Å². The van der Waals surface area contributed by atoms with Crippen molar-refractivity contribution in [1.82, 2.24) is 0 Å². The lowest BCUT2D eigenvalue weighted by molar-refractivity contribution is -0.906. The second-order valence-electron chi connectivity index (χ2n) is 7.35. The number of esters is 1. The van der Waals surface area contributed by atoms with Crippen molar-refractivity contribution in [2.45, 2.75) is 53.9 Å². The normalized spacial score (nSPS) is 14.3. The summed E-state index contributed by atoms with van der Waals surface area (Å²) in [5, 5.41) is 0. The zero-order valence-electron chi connectivity index (χ0n) is 16.7. The molecule has 0 spiro atoms. The van der Waals surface area contributed by atoms with Crippen molar-refractivity contribution in [2.24, 2.45) is 5.92 Å². The predicted octanol–water partition coefficient (Wildman–Crippen LogP) is 4.46. The molecule has 0 aromatic heterocycles. The van der Waals surface area contributed by atoms with E-state index in [2.05, 4.69) is 66.8 Å². The summed E-state index contributed by atoms with van der Waals surface area (Å²) >= 11 is 0. The number of rotatable bonds is 9. The second kappa shape index (κ2) is 9.22. The van der Waals surface area contributed by atoms with E-state index in [0.29, 0.717) is 6.61 Å². The van der Waals surface area contributed by atoms with Crippen LogP contribution in [-0.2, 0) is 9.53 Å². The fraction of sp³-hybridized carbons (Fsp3) is 0.667. The van der Waals surface area contributed by atoms with Crippen LogP contribution in [0.15, 0.2) is 18.2 Å². The Labute approximate surface area is 148 Å². The minimum atomic E-state index is -0.170. The summed E-state index contributed by atoms with van der Waals surface area (Å²) in [6.45, 7) is 16.3. The maximum Gasteiger partial charge on any atom is 0.313 e. The first-order valence-corrected chi connectivity index (χ1v) is 9.35. The van der Waals surface area contributed by atoms with Crippen LogP contribution in [0.3, 0.4) is 0 Å². The van der Waals surface area contributed by atoms with E-state index in [9.17, 15) is 4.79 Å². The Bertz CT molecular complexity index is 535. The Kier molecular flexibility index (Phi) is 7.95. The van der Waals surface area contributed by atoms with Gasteiger partial charge in [0.2, 0.25) is 0 Å². The highest BCUT2D eigenvalue weighted by Crippen LogP contribution is 2.29. The van der Waals surface area contributed by atoms with Crippen LogP contribution in [-0.4, -0.2) is 43.7 Å². The van der Waals surface area contributed by atoms with Crippen molar-refractivity contribution in [3.05, 3.63) is 34.9 Å². The van der Waals surface area contributed by atoms with Crippen molar-refractivity contribution in [2.75, 3.05) is 33.3 Å². The summed E-state index contributed by atoms with van der Waals surface area (Å²) in [4.78, 5) is 12.8. The third-order valence-corrected chi connectivity index (χ3v) is 5.76. The molecule has 1 rings (SSSR count). The average molecular weight is 335 g/mol. The number of carbonyl (C=O) groups excluding carboxylic acids is 1. The number of quaternary nitrogens is 1. The molecule has 0 aliphatic heterocycles. The van der Waals surface area contributed by atoms with E-state index in [0.717, 1.165) is 36.1 Å². The van der Waals surface area contributed by atoms with E-state index in [1.165, 1.54) is 11.1 Å². The number of benzene rings is 1. The molecule has 0 heterocycles. The average Bonchev–Trinajstić information content (AvgIpc) is 2.57. The molecule has 0 saturated heterocycles. The minimum Gasteiger partial charge on any atom is -0.459 e. The van der Waals surface area contributed by atoms with E-state index in [1.54, 1.807) is 0 Å². The van der Waals surface area contributed by atoms with E-state index in [4.69, 9.17) is 4.74 Å². The highest BCUT2D eigenvalue weighted by Gasteiger charge is 2.28. The standard InChI is InChI=1S/C21H36NO2/c1-8-16(4)20(19-12-11-17(5)18(6)15-19)21(23)24-14-13-22(7,9-2)10-3/h11-12,15-16,20H,8-10,13-14H2,1-7H3/q+1/t16-,20+/m0/s1. The molecule has 0 unspecified atom stereocenters. The minimum absolute atomic E-state index is 0.0774. The molecule has 3 heteroatoms. The molecule has 3 nitrogen and oxygen atoms in total.